The number of amides is 2. The van der Waals surface area contributed by atoms with Crippen LogP contribution in [0, 0.1) is 0 Å². The first-order chi connectivity index (χ1) is 12.2. The lowest BCUT2D eigenvalue weighted by Crippen LogP contribution is -2.39. The van der Waals surface area contributed by atoms with Gasteiger partial charge in [-0.3, -0.25) is 9.59 Å². The summed E-state index contributed by atoms with van der Waals surface area (Å²) < 4.78 is 0. The lowest BCUT2D eigenvalue weighted by molar-refractivity contribution is -0.116. The van der Waals surface area contributed by atoms with Crippen molar-refractivity contribution in [3.63, 3.8) is 0 Å². The molecule has 1 aromatic carbocycles. The summed E-state index contributed by atoms with van der Waals surface area (Å²) in [5, 5.41) is 8.90. The highest BCUT2D eigenvalue weighted by molar-refractivity contribution is 7.99. The molecule has 1 aliphatic rings. The van der Waals surface area contributed by atoms with Crippen molar-refractivity contribution >= 4 is 59.9 Å². The van der Waals surface area contributed by atoms with E-state index in [-0.39, 0.29) is 42.7 Å². The van der Waals surface area contributed by atoms with Gasteiger partial charge in [0.1, 0.15) is 5.82 Å². The summed E-state index contributed by atoms with van der Waals surface area (Å²) in [4.78, 5) is 28.3. The van der Waals surface area contributed by atoms with Crippen LogP contribution in [0.15, 0.2) is 48.7 Å². The summed E-state index contributed by atoms with van der Waals surface area (Å²) in [6.07, 6.45) is 1.99. The minimum absolute atomic E-state index is 0. The number of anilines is 2. The maximum Gasteiger partial charge on any atom is 0.256 e. The number of hydrogen-bond donors (Lipinski definition) is 3. The van der Waals surface area contributed by atoms with Crippen LogP contribution in [-0.4, -0.2) is 40.9 Å². The van der Waals surface area contributed by atoms with Gasteiger partial charge >= 0.3 is 0 Å². The second-order valence-electron chi connectivity index (χ2n) is 5.73. The van der Waals surface area contributed by atoms with Gasteiger partial charge in [-0.2, -0.15) is 11.8 Å². The molecule has 2 amide bonds. The molecule has 2 aromatic rings. The molecule has 27 heavy (non-hydrogen) atoms. The minimum Gasteiger partial charge on any atom is -0.325 e. The Balaban J connectivity index is 0.00000182. The third-order valence-electron chi connectivity index (χ3n) is 3.76. The minimum atomic E-state index is -0.217. The van der Waals surface area contributed by atoms with Crippen LogP contribution < -0.4 is 16.0 Å². The van der Waals surface area contributed by atoms with Gasteiger partial charge in [0.25, 0.3) is 5.91 Å². The summed E-state index contributed by atoms with van der Waals surface area (Å²) in [6, 6.07) is 12.6. The molecular weight excluding hydrogens is 407 g/mol. The van der Waals surface area contributed by atoms with E-state index in [1.165, 1.54) is 0 Å². The Morgan fingerprint density at radius 3 is 2.52 bits per heavy atom. The van der Waals surface area contributed by atoms with E-state index in [2.05, 4.69) is 20.9 Å². The SMILES string of the molecule is Cl.Cl.O=C(CC1CSCCN1)Nc1ccc(NC(=O)c2ccccc2)nc1. The molecule has 3 rings (SSSR count). The summed E-state index contributed by atoms with van der Waals surface area (Å²) in [5.74, 6) is 2.24. The molecule has 0 spiro atoms. The van der Waals surface area contributed by atoms with Crippen molar-refractivity contribution in [1.29, 1.82) is 0 Å². The van der Waals surface area contributed by atoms with Gasteiger partial charge in [0, 0.05) is 36.1 Å². The second-order valence-corrected chi connectivity index (χ2v) is 6.88. The first kappa shape index (κ1) is 23.2. The van der Waals surface area contributed by atoms with Crippen LogP contribution in [0.3, 0.4) is 0 Å². The molecule has 1 saturated heterocycles. The number of pyridine rings is 1. The Bertz CT molecular complexity index is 726. The molecular formula is C18H22Cl2N4O2S. The summed E-state index contributed by atoms with van der Waals surface area (Å²) in [7, 11) is 0. The Labute approximate surface area is 175 Å². The lowest BCUT2D eigenvalue weighted by atomic mass is 10.2. The van der Waals surface area contributed by atoms with Crippen molar-refractivity contribution in [1.82, 2.24) is 10.3 Å². The zero-order valence-electron chi connectivity index (χ0n) is 14.5. The molecule has 9 heteroatoms. The quantitative estimate of drug-likeness (QED) is 0.680. The van der Waals surface area contributed by atoms with Crippen molar-refractivity contribution in [2.24, 2.45) is 0 Å². The number of carbonyl (C=O) groups excluding carboxylic acids is 2. The zero-order chi connectivity index (χ0) is 17.5. The highest BCUT2D eigenvalue weighted by Gasteiger charge is 2.16. The Morgan fingerprint density at radius 1 is 1.11 bits per heavy atom. The predicted molar refractivity (Wildman–Crippen MR) is 115 cm³/mol. The van der Waals surface area contributed by atoms with E-state index in [9.17, 15) is 9.59 Å². The Hall–Kier alpha value is -1.80. The molecule has 0 saturated carbocycles. The van der Waals surface area contributed by atoms with Crippen LogP contribution in [0.25, 0.3) is 0 Å². The van der Waals surface area contributed by atoms with Crippen molar-refractivity contribution in [3.05, 3.63) is 54.2 Å². The van der Waals surface area contributed by atoms with E-state index in [4.69, 9.17) is 0 Å². The van der Waals surface area contributed by atoms with E-state index in [1.807, 2.05) is 17.8 Å². The number of aromatic nitrogens is 1. The Kier molecular flexibility index (Phi) is 10.2. The number of halogens is 2. The fraction of sp³-hybridized carbons (Fsp3) is 0.278. The Morgan fingerprint density at radius 2 is 1.89 bits per heavy atom. The highest BCUT2D eigenvalue weighted by Crippen LogP contribution is 2.14. The predicted octanol–water partition coefficient (Wildman–Crippen LogP) is 3.21. The van der Waals surface area contributed by atoms with Crippen LogP contribution >= 0.6 is 36.6 Å². The number of nitrogens with zero attached hydrogens (tertiary/aromatic N) is 1. The number of nitrogens with one attached hydrogen (secondary N) is 3. The van der Waals surface area contributed by atoms with E-state index in [0.29, 0.717) is 23.5 Å². The number of carbonyl (C=O) groups is 2. The van der Waals surface area contributed by atoms with E-state index in [0.717, 1.165) is 18.1 Å². The zero-order valence-corrected chi connectivity index (χ0v) is 17.0. The van der Waals surface area contributed by atoms with Gasteiger partial charge in [0.05, 0.1) is 11.9 Å². The fourth-order valence-electron chi connectivity index (χ4n) is 2.51. The fourth-order valence-corrected chi connectivity index (χ4v) is 3.46. The van der Waals surface area contributed by atoms with Gasteiger partial charge in [-0.05, 0) is 24.3 Å². The average molecular weight is 429 g/mol. The summed E-state index contributed by atoms with van der Waals surface area (Å²) in [6.45, 7) is 0.944. The van der Waals surface area contributed by atoms with E-state index in [1.54, 1.807) is 42.6 Å². The molecule has 146 valence electrons. The highest BCUT2D eigenvalue weighted by atomic mass is 35.5. The van der Waals surface area contributed by atoms with Crippen LogP contribution in [-0.2, 0) is 4.79 Å². The van der Waals surface area contributed by atoms with Gasteiger partial charge in [-0.15, -0.1) is 24.8 Å². The molecule has 2 heterocycles. The maximum absolute atomic E-state index is 12.1. The average Bonchev–Trinajstić information content (AvgIpc) is 2.65. The first-order valence-corrected chi connectivity index (χ1v) is 9.29. The molecule has 1 atom stereocenters. The standard InChI is InChI=1S/C18H20N4O2S.2ClH/c23-17(10-15-12-25-9-8-19-15)21-14-6-7-16(20-11-14)22-18(24)13-4-2-1-3-5-13;;/h1-7,11,15,19H,8-10,12H2,(H,21,23)(H,20,22,24);2*1H. The summed E-state index contributed by atoms with van der Waals surface area (Å²) >= 11 is 1.86. The molecule has 6 nitrogen and oxygen atoms in total. The third-order valence-corrected chi connectivity index (χ3v) is 4.89. The number of thioether (sulfide) groups is 1. The largest absolute Gasteiger partial charge is 0.325 e. The van der Waals surface area contributed by atoms with E-state index < -0.39 is 0 Å². The number of benzene rings is 1. The van der Waals surface area contributed by atoms with Crippen LogP contribution in [0.5, 0.6) is 0 Å². The molecule has 1 aromatic heterocycles. The lowest BCUT2D eigenvalue weighted by Gasteiger charge is -2.22. The van der Waals surface area contributed by atoms with Gasteiger partial charge in [-0.25, -0.2) is 4.98 Å². The topological polar surface area (TPSA) is 83.1 Å². The van der Waals surface area contributed by atoms with Crippen molar-refractivity contribution < 1.29 is 9.59 Å². The van der Waals surface area contributed by atoms with Gasteiger partial charge in [0.15, 0.2) is 0 Å². The second kappa shape index (κ2) is 11.8. The van der Waals surface area contributed by atoms with Gasteiger partial charge in [0.2, 0.25) is 5.91 Å². The van der Waals surface area contributed by atoms with Crippen LogP contribution in [0.1, 0.15) is 16.8 Å². The molecule has 3 N–H and O–H groups in total. The number of hydrogen-bond acceptors (Lipinski definition) is 5. The summed E-state index contributed by atoms with van der Waals surface area (Å²) in [5.41, 5.74) is 1.19. The van der Waals surface area contributed by atoms with Crippen molar-refractivity contribution in [2.45, 2.75) is 12.5 Å². The molecule has 0 aliphatic carbocycles. The molecule has 1 unspecified atom stereocenters. The third kappa shape index (κ3) is 7.38. The van der Waals surface area contributed by atoms with Gasteiger partial charge in [-0.1, -0.05) is 18.2 Å². The number of rotatable bonds is 5. The van der Waals surface area contributed by atoms with E-state index >= 15 is 0 Å². The van der Waals surface area contributed by atoms with Crippen molar-refractivity contribution in [2.75, 3.05) is 28.7 Å². The van der Waals surface area contributed by atoms with Crippen LogP contribution in [0.2, 0.25) is 0 Å². The maximum atomic E-state index is 12.1. The molecule has 0 bridgehead atoms. The van der Waals surface area contributed by atoms with Crippen LogP contribution in [0.4, 0.5) is 11.5 Å². The molecule has 1 fully saturated rings. The normalized spacial score (nSPS) is 15.6. The van der Waals surface area contributed by atoms with Crippen molar-refractivity contribution in [3.8, 4) is 0 Å². The van der Waals surface area contributed by atoms with Gasteiger partial charge < -0.3 is 16.0 Å². The monoisotopic (exact) mass is 428 g/mol. The first-order valence-electron chi connectivity index (χ1n) is 8.14. The molecule has 0 radical (unpaired) electrons. The molecule has 1 aliphatic heterocycles. The smallest absolute Gasteiger partial charge is 0.256 e.